The molecule has 0 atom stereocenters. The van der Waals surface area contributed by atoms with Crippen LogP contribution >= 0.6 is 0 Å². The molecule has 4 heteroatoms. The van der Waals surface area contributed by atoms with Crippen LogP contribution < -0.4 is 11.1 Å². The van der Waals surface area contributed by atoms with Gasteiger partial charge in [-0.1, -0.05) is 26.7 Å². The van der Waals surface area contributed by atoms with Gasteiger partial charge in [0.25, 0.3) is 0 Å². The van der Waals surface area contributed by atoms with Crippen LogP contribution in [0, 0.1) is 5.41 Å². The molecule has 1 aliphatic heterocycles. The van der Waals surface area contributed by atoms with Crippen LogP contribution in [0.2, 0.25) is 0 Å². The van der Waals surface area contributed by atoms with E-state index in [1.165, 1.54) is 51.6 Å². The van der Waals surface area contributed by atoms with Crippen molar-refractivity contribution in [3.63, 3.8) is 0 Å². The summed E-state index contributed by atoms with van der Waals surface area (Å²) in [4.78, 5) is 7.11. The molecule has 2 aliphatic rings. The molecule has 2 rings (SSSR count). The second-order valence-corrected chi connectivity index (χ2v) is 6.97. The Labute approximate surface area is 117 Å². The topological polar surface area (TPSA) is 53.6 Å². The summed E-state index contributed by atoms with van der Waals surface area (Å²) in [6, 6.07) is 0.561. The van der Waals surface area contributed by atoms with Gasteiger partial charge in [0.05, 0.1) is 0 Å². The van der Waals surface area contributed by atoms with E-state index in [1.807, 2.05) is 0 Å². The lowest BCUT2D eigenvalue weighted by Gasteiger charge is -2.28. The van der Waals surface area contributed by atoms with Gasteiger partial charge in [-0.3, -0.25) is 4.99 Å². The van der Waals surface area contributed by atoms with Crippen molar-refractivity contribution in [3.05, 3.63) is 0 Å². The van der Waals surface area contributed by atoms with Gasteiger partial charge in [-0.25, -0.2) is 0 Å². The van der Waals surface area contributed by atoms with Crippen LogP contribution in [0.25, 0.3) is 0 Å². The Hall–Kier alpha value is -0.770. The molecule has 1 saturated carbocycles. The molecule has 0 spiro atoms. The van der Waals surface area contributed by atoms with Crippen LogP contribution in [-0.2, 0) is 0 Å². The number of hydrogen-bond donors (Lipinski definition) is 2. The molecule has 3 N–H and O–H groups in total. The quantitative estimate of drug-likeness (QED) is 0.591. The second kappa shape index (κ2) is 6.60. The van der Waals surface area contributed by atoms with E-state index < -0.39 is 0 Å². The Balaban J connectivity index is 1.74. The van der Waals surface area contributed by atoms with Crippen LogP contribution in [0.4, 0.5) is 0 Å². The fraction of sp³-hybridized carbons (Fsp3) is 0.933. The van der Waals surface area contributed by atoms with E-state index in [0.29, 0.717) is 12.0 Å². The van der Waals surface area contributed by atoms with E-state index in [0.717, 1.165) is 13.1 Å². The first-order valence-corrected chi connectivity index (χ1v) is 7.84. The zero-order chi connectivity index (χ0) is 13.7. The summed E-state index contributed by atoms with van der Waals surface area (Å²) < 4.78 is 0. The average Bonchev–Trinajstić information content (AvgIpc) is 2.99. The molecular formula is C15H30N4. The predicted molar refractivity (Wildman–Crippen MR) is 81.3 cm³/mol. The summed E-state index contributed by atoms with van der Waals surface area (Å²) in [6.45, 7) is 9.03. The van der Waals surface area contributed by atoms with E-state index in [9.17, 15) is 0 Å². The van der Waals surface area contributed by atoms with E-state index >= 15 is 0 Å². The van der Waals surface area contributed by atoms with Crippen LogP contribution in [0.15, 0.2) is 4.99 Å². The molecule has 1 saturated heterocycles. The first kappa shape index (κ1) is 14.6. The average molecular weight is 266 g/mol. The van der Waals surface area contributed by atoms with Gasteiger partial charge >= 0.3 is 0 Å². The van der Waals surface area contributed by atoms with Crippen molar-refractivity contribution in [3.8, 4) is 0 Å². The summed E-state index contributed by atoms with van der Waals surface area (Å²) in [5, 5.41) is 3.36. The Morgan fingerprint density at radius 3 is 2.47 bits per heavy atom. The molecule has 0 unspecified atom stereocenters. The summed E-state index contributed by atoms with van der Waals surface area (Å²) in [6.07, 6.45) is 7.84. The fourth-order valence-corrected chi connectivity index (χ4v) is 3.22. The number of nitrogens with one attached hydrogen (secondary N) is 1. The number of guanidine groups is 1. The monoisotopic (exact) mass is 266 g/mol. The van der Waals surface area contributed by atoms with Crippen LogP contribution in [-0.4, -0.2) is 43.1 Å². The van der Waals surface area contributed by atoms with Crippen molar-refractivity contribution in [1.82, 2.24) is 10.2 Å². The standard InChI is InChI=1S/C15H30N4/c1-15(2,12-19-9-5-6-10-19)11-17-14(16)18-13-7-3-4-8-13/h13H,3-12H2,1-2H3,(H3,16,17,18). The van der Waals surface area contributed by atoms with Gasteiger partial charge in [0.15, 0.2) is 5.96 Å². The van der Waals surface area contributed by atoms with Crippen molar-refractivity contribution in [2.75, 3.05) is 26.2 Å². The number of aliphatic imine (C=N–C) groups is 1. The van der Waals surface area contributed by atoms with E-state index in [-0.39, 0.29) is 5.41 Å². The number of hydrogen-bond acceptors (Lipinski definition) is 2. The lowest BCUT2D eigenvalue weighted by molar-refractivity contribution is 0.216. The second-order valence-electron chi connectivity index (χ2n) is 6.97. The third-order valence-electron chi connectivity index (χ3n) is 4.23. The largest absolute Gasteiger partial charge is 0.370 e. The van der Waals surface area contributed by atoms with Gasteiger partial charge < -0.3 is 16.0 Å². The minimum Gasteiger partial charge on any atom is -0.370 e. The number of nitrogens with zero attached hydrogens (tertiary/aromatic N) is 2. The molecule has 0 amide bonds. The summed E-state index contributed by atoms with van der Waals surface area (Å²) in [5.41, 5.74) is 6.21. The highest BCUT2D eigenvalue weighted by atomic mass is 15.2. The fourth-order valence-electron chi connectivity index (χ4n) is 3.22. The first-order chi connectivity index (χ1) is 9.05. The van der Waals surface area contributed by atoms with Gasteiger partial charge in [-0.2, -0.15) is 0 Å². The van der Waals surface area contributed by atoms with Gasteiger partial charge in [0.2, 0.25) is 0 Å². The van der Waals surface area contributed by atoms with Crippen molar-refractivity contribution >= 4 is 5.96 Å². The Bertz CT molecular complexity index is 299. The number of likely N-dealkylation sites (tertiary alicyclic amines) is 1. The van der Waals surface area contributed by atoms with Crippen molar-refractivity contribution in [2.45, 2.75) is 58.4 Å². The third-order valence-corrected chi connectivity index (χ3v) is 4.23. The molecule has 4 nitrogen and oxygen atoms in total. The number of nitrogens with two attached hydrogens (primary N) is 1. The van der Waals surface area contributed by atoms with Crippen LogP contribution in [0.3, 0.4) is 0 Å². The lowest BCUT2D eigenvalue weighted by atomic mass is 9.93. The minimum absolute atomic E-state index is 0.215. The summed E-state index contributed by atoms with van der Waals surface area (Å²) in [7, 11) is 0. The molecule has 2 fully saturated rings. The zero-order valence-electron chi connectivity index (χ0n) is 12.6. The zero-order valence-corrected chi connectivity index (χ0v) is 12.6. The maximum absolute atomic E-state index is 5.99. The van der Waals surface area contributed by atoms with E-state index in [2.05, 4.69) is 29.1 Å². The maximum atomic E-state index is 5.99. The maximum Gasteiger partial charge on any atom is 0.188 e. The molecule has 0 aromatic rings. The Morgan fingerprint density at radius 1 is 1.21 bits per heavy atom. The highest BCUT2D eigenvalue weighted by molar-refractivity contribution is 5.78. The van der Waals surface area contributed by atoms with Gasteiger partial charge in [0, 0.05) is 19.1 Å². The SMILES string of the molecule is CC(C)(CN=C(N)NC1CCCC1)CN1CCCC1. The Kier molecular flexibility index (Phi) is 5.08. The Morgan fingerprint density at radius 2 is 1.84 bits per heavy atom. The molecule has 0 aromatic carbocycles. The van der Waals surface area contributed by atoms with Crippen LogP contribution in [0.1, 0.15) is 52.4 Å². The molecule has 110 valence electrons. The first-order valence-electron chi connectivity index (χ1n) is 7.84. The van der Waals surface area contributed by atoms with Gasteiger partial charge in [-0.05, 0) is 44.2 Å². The molecule has 0 bridgehead atoms. The third kappa shape index (κ3) is 5.01. The predicted octanol–water partition coefficient (Wildman–Crippen LogP) is 1.96. The number of rotatable bonds is 5. The normalized spacial score (nSPS) is 23.2. The molecule has 1 aliphatic carbocycles. The molecule has 0 radical (unpaired) electrons. The van der Waals surface area contributed by atoms with Crippen molar-refractivity contribution < 1.29 is 0 Å². The van der Waals surface area contributed by atoms with Crippen molar-refractivity contribution in [2.24, 2.45) is 16.1 Å². The highest BCUT2D eigenvalue weighted by Gasteiger charge is 2.23. The molecule has 19 heavy (non-hydrogen) atoms. The van der Waals surface area contributed by atoms with Gasteiger partial charge in [-0.15, -0.1) is 0 Å². The van der Waals surface area contributed by atoms with Crippen LogP contribution in [0.5, 0.6) is 0 Å². The van der Waals surface area contributed by atoms with E-state index in [4.69, 9.17) is 5.73 Å². The summed E-state index contributed by atoms with van der Waals surface area (Å²) in [5.74, 6) is 0.640. The smallest absolute Gasteiger partial charge is 0.188 e. The lowest BCUT2D eigenvalue weighted by Crippen LogP contribution is -2.40. The van der Waals surface area contributed by atoms with E-state index in [1.54, 1.807) is 0 Å². The highest BCUT2D eigenvalue weighted by Crippen LogP contribution is 2.21. The molecular weight excluding hydrogens is 236 g/mol. The molecule has 0 aromatic heterocycles. The summed E-state index contributed by atoms with van der Waals surface area (Å²) >= 11 is 0. The van der Waals surface area contributed by atoms with Crippen molar-refractivity contribution in [1.29, 1.82) is 0 Å². The minimum atomic E-state index is 0.215. The van der Waals surface area contributed by atoms with Gasteiger partial charge in [0.1, 0.15) is 0 Å². The molecule has 1 heterocycles.